The third-order valence-electron chi connectivity index (χ3n) is 4.13. The van der Waals surface area contributed by atoms with Crippen molar-refractivity contribution in [2.24, 2.45) is 5.10 Å². The Hall–Kier alpha value is -3.34. The van der Waals surface area contributed by atoms with Crippen molar-refractivity contribution in [1.29, 1.82) is 0 Å². The minimum atomic E-state index is -0.435. The van der Waals surface area contributed by atoms with E-state index in [2.05, 4.69) is 25.5 Å². The largest absolute Gasteiger partial charge is 0.378 e. The first-order chi connectivity index (χ1) is 13.4. The Morgan fingerprint density at radius 3 is 2.50 bits per heavy atom. The molecule has 1 saturated heterocycles. The number of ether oxygens (including phenoxy) is 1. The molecular formula is C17H22N8O3. The Bertz CT molecular complexity index is 863. The lowest BCUT2D eigenvalue weighted by atomic mass is 10.1. The Kier molecular flexibility index (Phi) is 5.94. The van der Waals surface area contributed by atoms with E-state index < -0.39 is 4.92 Å². The van der Waals surface area contributed by atoms with E-state index in [1.165, 1.54) is 12.1 Å². The first-order valence-electron chi connectivity index (χ1n) is 8.75. The molecule has 1 N–H and O–H groups in total. The maximum absolute atomic E-state index is 10.8. The van der Waals surface area contributed by atoms with Crippen molar-refractivity contribution in [2.45, 2.75) is 6.92 Å². The summed E-state index contributed by atoms with van der Waals surface area (Å²) in [5.74, 6) is 1.40. The first kappa shape index (κ1) is 19.4. The molecule has 1 aromatic carbocycles. The fraction of sp³-hybridized carbons (Fsp3) is 0.412. The lowest BCUT2D eigenvalue weighted by molar-refractivity contribution is -0.384. The molecule has 0 unspecified atom stereocenters. The normalized spacial score (nSPS) is 14.7. The number of nitrogens with zero attached hydrogens (tertiary/aromatic N) is 7. The van der Waals surface area contributed by atoms with Crippen LogP contribution in [0.4, 0.5) is 23.5 Å². The summed E-state index contributed by atoms with van der Waals surface area (Å²) in [4.78, 5) is 27.5. The van der Waals surface area contributed by atoms with Gasteiger partial charge in [0.1, 0.15) is 0 Å². The number of hydrogen-bond acceptors (Lipinski definition) is 10. The van der Waals surface area contributed by atoms with E-state index in [4.69, 9.17) is 4.74 Å². The number of benzene rings is 1. The van der Waals surface area contributed by atoms with Gasteiger partial charge < -0.3 is 14.5 Å². The summed E-state index contributed by atoms with van der Waals surface area (Å²) < 4.78 is 5.38. The smallest absolute Gasteiger partial charge is 0.269 e. The molecule has 1 aliphatic rings. The second-order valence-electron chi connectivity index (χ2n) is 6.37. The van der Waals surface area contributed by atoms with Gasteiger partial charge in [-0.05, 0) is 24.6 Å². The van der Waals surface area contributed by atoms with Crippen LogP contribution in [0.3, 0.4) is 0 Å². The quantitative estimate of drug-likeness (QED) is 0.447. The molecule has 1 fully saturated rings. The van der Waals surface area contributed by atoms with E-state index in [1.807, 2.05) is 19.0 Å². The average Bonchev–Trinajstić information content (AvgIpc) is 2.72. The van der Waals surface area contributed by atoms with Crippen LogP contribution in [0.2, 0.25) is 0 Å². The van der Waals surface area contributed by atoms with E-state index in [0.717, 1.165) is 5.56 Å². The molecule has 1 aliphatic heterocycles. The van der Waals surface area contributed by atoms with Gasteiger partial charge in [-0.2, -0.15) is 20.1 Å². The topological polar surface area (TPSA) is 122 Å². The lowest BCUT2D eigenvalue weighted by Gasteiger charge is -2.27. The van der Waals surface area contributed by atoms with E-state index >= 15 is 0 Å². The zero-order chi connectivity index (χ0) is 20.1. The van der Waals surface area contributed by atoms with Crippen molar-refractivity contribution in [2.75, 3.05) is 55.6 Å². The van der Waals surface area contributed by atoms with Crippen molar-refractivity contribution in [3.63, 3.8) is 0 Å². The van der Waals surface area contributed by atoms with Crippen LogP contribution in [0, 0.1) is 10.1 Å². The summed E-state index contributed by atoms with van der Waals surface area (Å²) in [6, 6.07) is 6.18. The minimum Gasteiger partial charge on any atom is -0.378 e. The molecule has 0 saturated carbocycles. The molecule has 28 heavy (non-hydrogen) atoms. The molecule has 0 atom stereocenters. The van der Waals surface area contributed by atoms with Crippen molar-refractivity contribution in [3.8, 4) is 0 Å². The highest BCUT2D eigenvalue weighted by atomic mass is 16.6. The van der Waals surface area contributed by atoms with E-state index in [0.29, 0.717) is 49.9 Å². The number of hydrogen-bond donors (Lipinski definition) is 1. The van der Waals surface area contributed by atoms with Crippen molar-refractivity contribution < 1.29 is 9.66 Å². The van der Waals surface area contributed by atoms with Gasteiger partial charge in [0, 0.05) is 39.3 Å². The second kappa shape index (κ2) is 8.57. The highest BCUT2D eigenvalue weighted by Crippen LogP contribution is 2.17. The molecule has 11 nitrogen and oxygen atoms in total. The van der Waals surface area contributed by atoms with Crippen LogP contribution in [0.25, 0.3) is 0 Å². The molecule has 0 aliphatic carbocycles. The standard InChI is InChI=1S/C17H22N8O3/c1-12(13-4-6-14(7-5-13)25(26)27)21-22-15-18-16(23(2)3)20-17(19-15)24-8-10-28-11-9-24/h4-7H,8-11H2,1-3H3,(H,18,19,20,22)/b21-12+. The SMILES string of the molecule is C/C(=N\Nc1nc(N(C)C)nc(N2CCOCC2)n1)c1ccc([N+](=O)[O-])cc1. The number of aromatic nitrogens is 3. The highest BCUT2D eigenvalue weighted by Gasteiger charge is 2.17. The van der Waals surface area contributed by atoms with Crippen LogP contribution < -0.4 is 15.2 Å². The number of rotatable bonds is 6. The molecular weight excluding hydrogens is 364 g/mol. The Morgan fingerprint density at radius 1 is 1.21 bits per heavy atom. The average molecular weight is 386 g/mol. The summed E-state index contributed by atoms with van der Waals surface area (Å²) in [6.07, 6.45) is 0. The fourth-order valence-electron chi connectivity index (χ4n) is 2.53. The minimum absolute atomic E-state index is 0.0350. The van der Waals surface area contributed by atoms with Gasteiger partial charge in [-0.25, -0.2) is 5.43 Å². The van der Waals surface area contributed by atoms with Gasteiger partial charge in [0.15, 0.2) is 0 Å². The molecule has 1 aromatic heterocycles. The summed E-state index contributed by atoms with van der Waals surface area (Å²) in [7, 11) is 3.71. The first-order valence-corrected chi connectivity index (χ1v) is 8.75. The number of morpholine rings is 1. The molecule has 2 heterocycles. The van der Waals surface area contributed by atoms with Gasteiger partial charge in [-0.15, -0.1) is 0 Å². The summed E-state index contributed by atoms with van der Waals surface area (Å²) >= 11 is 0. The number of anilines is 3. The monoisotopic (exact) mass is 386 g/mol. The number of nitrogens with one attached hydrogen (secondary N) is 1. The third-order valence-corrected chi connectivity index (χ3v) is 4.13. The summed E-state index contributed by atoms with van der Waals surface area (Å²) in [5, 5.41) is 15.1. The number of non-ortho nitro benzene ring substituents is 1. The van der Waals surface area contributed by atoms with Crippen molar-refractivity contribution in [3.05, 3.63) is 39.9 Å². The summed E-state index contributed by atoms with van der Waals surface area (Å²) in [6.45, 7) is 4.47. The third kappa shape index (κ3) is 4.68. The zero-order valence-electron chi connectivity index (χ0n) is 16.0. The van der Waals surface area contributed by atoms with Crippen LogP contribution in [0.15, 0.2) is 29.4 Å². The van der Waals surface area contributed by atoms with E-state index in [1.54, 1.807) is 24.0 Å². The van der Waals surface area contributed by atoms with Crippen LogP contribution in [-0.4, -0.2) is 66.0 Å². The Morgan fingerprint density at radius 2 is 1.89 bits per heavy atom. The molecule has 0 amide bonds. The fourth-order valence-corrected chi connectivity index (χ4v) is 2.53. The predicted molar refractivity (Wildman–Crippen MR) is 106 cm³/mol. The Labute approximate surface area is 162 Å². The predicted octanol–water partition coefficient (Wildman–Crippen LogP) is 1.52. The molecule has 3 rings (SSSR count). The zero-order valence-corrected chi connectivity index (χ0v) is 16.0. The van der Waals surface area contributed by atoms with Crippen molar-refractivity contribution >= 4 is 29.2 Å². The Balaban J connectivity index is 1.80. The van der Waals surface area contributed by atoms with Crippen LogP contribution in [-0.2, 0) is 4.74 Å². The summed E-state index contributed by atoms with van der Waals surface area (Å²) in [5.41, 5.74) is 4.30. The molecule has 0 bridgehead atoms. The lowest BCUT2D eigenvalue weighted by Crippen LogP contribution is -2.37. The van der Waals surface area contributed by atoms with Gasteiger partial charge in [0.25, 0.3) is 5.69 Å². The molecule has 2 aromatic rings. The number of nitro benzene ring substituents is 1. The van der Waals surface area contributed by atoms with Gasteiger partial charge in [0.05, 0.1) is 23.8 Å². The van der Waals surface area contributed by atoms with Crippen LogP contribution in [0.1, 0.15) is 12.5 Å². The van der Waals surface area contributed by atoms with E-state index in [9.17, 15) is 10.1 Å². The highest BCUT2D eigenvalue weighted by molar-refractivity contribution is 5.99. The van der Waals surface area contributed by atoms with Crippen LogP contribution in [0.5, 0.6) is 0 Å². The van der Waals surface area contributed by atoms with Gasteiger partial charge >= 0.3 is 0 Å². The maximum Gasteiger partial charge on any atom is 0.269 e. The van der Waals surface area contributed by atoms with Gasteiger partial charge in [0.2, 0.25) is 17.8 Å². The number of nitro groups is 1. The maximum atomic E-state index is 10.8. The van der Waals surface area contributed by atoms with Crippen molar-refractivity contribution in [1.82, 2.24) is 15.0 Å². The van der Waals surface area contributed by atoms with Gasteiger partial charge in [-0.1, -0.05) is 0 Å². The number of hydrazone groups is 1. The molecule has 11 heteroatoms. The molecule has 0 radical (unpaired) electrons. The van der Waals surface area contributed by atoms with Gasteiger partial charge in [-0.3, -0.25) is 10.1 Å². The van der Waals surface area contributed by atoms with E-state index in [-0.39, 0.29) is 5.69 Å². The molecule has 148 valence electrons. The molecule has 0 spiro atoms. The van der Waals surface area contributed by atoms with Crippen LogP contribution >= 0.6 is 0 Å². The second-order valence-corrected chi connectivity index (χ2v) is 6.37.